The molecule has 5 heteroatoms. The van der Waals surface area contributed by atoms with E-state index in [0.29, 0.717) is 5.69 Å². The minimum absolute atomic E-state index is 0.458. The zero-order valence-electron chi connectivity index (χ0n) is 15.7. The zero-order chi connectivity index (χ0) is 20.4. The number of carbonyl (C=O) groups excluding carboxylic acids is 1. The third-order valence-corrected chi connectivity index (χ3v) is 4.79. The van der Waals surface area contributed by atoms with E-state index >= 15 is 0 Å². The first kappa shape index (κ1) is 18.6. The lowest BCUT2D eigenvalue weighted by Crippen LogP contribution is -2.15. The number of amides is 1. The van der Waals surface area contributed by atoms with Gasteiger partial charge in [-0.05, 0) is 71.6 Å². The van der Waals surface area contributed by atoms with E-state index in [9.17, 15) is 13.6 Å². The molecular weight excluding hydrogens is 370 g/mol. The van der Waals surface area contributed by atoms with Crippen molar-refractivity contribution in [2.24, 2.45) is 0 Å². The summed E-state index contributed by atoms with van der Waals surface area (Å²) in [6, 6.07) is 20.7. The number of halogens is 2. The van der Waals surface area contributed by atoms with Crippen LogP contribution >= 0.6 is 0 Å². The number of hydrogen-bond acceptors (Lipinski definition) is 1. The Morgan fingerprint density at radius 2 is 1.55 bits per heavy atom. The molecule has 29 heavy (non-hydrogen) atoms. The second-order valence-corrected chi connectivity index (χ2v) is 6.74. The summed E-state index contributed by atoms with van der Waals surface area (Å²) in [4.78, 5) is 15.4. The Hall–Kier alpha value is -3.73. The van der Waals surface area contributed by atoms with Crippen LogP contribution in [0.15, 0.2) is 79.0 Å². The van der Waals surface area contributed by atoms with Gasteiger partial charge in [-0.2, -0.15) is 0 Å². The minimum atomic E-state index is -0.893. The van der Waals surface area contributed by atoms with Gasteiger partial charge in [0.1, 0.15) is 17.2 Å². The molecule has 0 aliphatic rings. The third-order valence-electron chi connectivity index (χ3n) is 4.79. The number of H-pyrrole nitrogens is 1. The van der Waals surface area contributed by atoms with Crippen LogP contribution in [0, 0.1) is 18.6 Å². The van der Waals surface area contributed by atoms with Crippen molar-refractivity contribution < 1.29 is 13.6 Å². The number of aryl methyl sites for hydroxylation is 1. The number of carbonyl (C=O) groups is 1. The molecule has 0 saturated heterocycles. The second-order valence-electron chi connectivity index (χ2n) is 6.74. The van der Waals surface area contributed by atoms with Gasteiger partial charge in [-0.1, -0.05) is 30.3 Å². The van der Waals surface area contributed by atoms with Gasteiger partial charge >= 0.3 is 0 Å². The number of aromatic nitrogens is 1. The fourth-order valence-electron chi connectivity index (χ4n) is 3.25. The smallest absolute Gasteiger partial charge is 0.261 e. The molecule has 0 fully saturated rings. The number of aromatic amines is 1. The van der Waals surface area contributed by atoms with Crippen molar-refractivity contribution in [3.05, 3.63) is 102 Å². The molecule has 1 aromatic heterocycles. The maximum Gasteiger partial charge on any atom is 0.261 e. The zero-order valence-corrected chi connectivity index (χ0v) is 15.7. The SMILES string of the molecule is Cc1ccc(-c2ccc[nH]2)cc1-c1ccc(NC(=O)c2c(F)cccc2F)cc1. The molecule has 0 spiro atoms. The van der Waals surface area contributed by atoms with Crippen molar-refractivity contribution in [2.75, 3.05) is 5.32 Å². The average molecular weight is 388 g/mol. The highest BCUT2D eigenvalue weighted by Gasteiger charge is 2.17. The van der Waals surface area contributed by atoms with Crippen molar-refractivity contribution in [1.29, 1.82) is 0 Å². The van der Waals surface area contributed by atoms with Gasteiger partial charge in [0.25, 0.3) is 5.91 Å². The first-order valence-electron chi connectivity index (χ1n) is 9.13. The Labute approximate surface area is 167 Å². The highest BCUT2D eigenvalue weighted by Crippen LogP contribution is 2.29. The molecule has 0 unspecified atom stereocenters. The molecular formula is C24H18F2N2O. The fraction of sp³-hybridized carbons (Fsp3) is 0.0417. The molecule has 3 nitrogen and oxygen atoms in total. The summed E-state index contributed by atoms with van der Waals surface area (Å²) >= 11 is 0. The molecule has 1 heterocycles. The summed E-state index contributed by atoms with van der Waals surface area (Å²) < 4.78 is 27.6. The van der Waals surface area contributed by atoms with Crippen LogP contribution in [0.3, 0.4) is 0 Å². The number of nitrogens with one attached hydrogen (secondary N) is 2. The summed E-state index contributed by atoms with van der Waals surface area (Å²) in [5.41, 5.74) is 5.13. The monoisotopic (exact) mass is 388 g/mol. The summed E-state index contributed by atoms with van der Waals surface area (Å²) in [6.45, 7) is 2.03. The van der Waals surface area contributed by atoms with E-state index in [1.807, 2.05) is 37.4 Å². The number of anilines is 1. The Balaban J connectivity index is 1.59. The Kier molecular flexibility index (Phi) is 4.96. The molecule has 0 radical (unpaired) electrons. The summed E-state index contributed by atoms with van der Waals surface area (Å²) in [5.74, 6) is -2.61. The highest BCUT2D eigenvalue weighted by atomic mass is 19.1. The highest BCUT2D eigenvalue weighted by molar-refractivity contribution is 6.04. The molecule has 0 aliphatic carbocycles. The standard InChI is InChI=1S/C24H18F2N2O/c1-15-7-8-17(22-6-3-13-27-22)14-19(15)16-9-11-18(12-10-16)28-24(29)23-20(25)4-2-5-21(23)26/h2-14,27H,1H3,(H,28,29). The van der Waals surface area contributed by atoms with Crippen molar-refractivity contribution in [3.8, 4) is 22.4 Å². The van der Waals surface area contributed by atoms with Crippen LogP contribution in [0.2, 0.25) is 0 Å². The predicted molar refractivity (Wildman–Crippen MR) is 111 cm³/mol. The molecule has 0 saturated carbocycles. The van der Waals surface area contributed by atoms with Gasteiger partial charge in [-0.25, -0.2) is 8.78 Å². The lowest BCUT2D eigenvalue weighted by atomic mass is 9.97. The molecule has 0 bridgehead atoms. The Morgan fingerprint density at radius 3 is 2.21 bits per heavy atom. The number of benzene rings is 3. The van der Waals surface area contributed by atoms with Gasteiger partial charge in [0, 0.05) is 17.6 Å². The van der Waals surface area contributed by atoms with Gasteiger partial charge in [0.05, 0.1) is 0 Å². The molecule has 3 aromatic carbocycles. The van der Waals surface area contributed by atoms with Crippen LogP contribution in [0.5, 0.6) is 0 Å². The lowest BCUT2D eigenvalue weighted by molar-refractivity contribution is 0.101. The van der Waals surface area contributed by atoms with Crippen molar-refractivity contribution in [1.82, 2.24) is 4.98 Å². The first-order chi connectivity index (χ1) is 14.0. The van der Waals surface area contributed by atoms with E-state index in [-0.39, 0.29) is 0 Å². The fourth-order valence-corrected chi connectivity index (χ4v) is 3.25. The Bertz CT molecular complexity index is 1150. The normalized spacial score (nSPS) is 10.7. The quantitative estimate of drug-likeness (QED) is 0.430. The van der Waals surface area contributed by atoms with Crippen molar-refractivity contribution in [3.63, 3.8) is 0 Å². The topological polar surface area (TPSA) is 44.9 Å². The van der Waals surface area contributed by atoms with E-state index in [4.69, 9.17) is 0 Å². The molecule has 2 N–H and O–H groups in total. The molecule has 0 atom stereocenters. The van der Waals surface area contributed by atoms with E-state index in [0.717, 1.165) is 40.1 Å². The number of rotatable bonds is 4. The summed E-state index contributed by atoms with van der Waals surface area (Å²) in [5, 5.41) is 2.54. The van der Waals surface area contributed by atoms with Crippen LogP contribution in [0.1, 0.15) is 15.9 Å². The van der Waals surface area contributed by atoms with E-state index in [1.165, 1.54) is 6.07 Å². The molecule has 0 aliphatic heterocycles. The van der Waals surface area contributed by atoms with Crippen LogP contribution in [0.25, 0.3) is 22.4 Å². The van der Waals surface area contributed by atoms with Crippen molar-refractivity contribution in [2.45, 2.75) is 6.92 Å². The van der Waals surface area contributed by atoms with Crippen LogP contribution in [-0.2, 0) is 0 Å². The minimum Gasteiger partial charge on any atom is -0.361 e. The largest absolute Gasteiger partial charge is 0.361 e. The Morgan fingerprint density at radius 1 is 0.862 bits per heavy atom. The lowest BCUT2D eigenvalue weighted by Gasteiger charge is -2.11. The van der Waals surface area contributed by atoms with Gasteiger partial charge < -0.3 is 10.3 Å². The van der Waals surface area contributed by atoms with E-state index < -0.39 is 23.1 Å². The van der Waals surface area contributed by atoms with Gasteiger partial charge in [-0.3, -0.25) is 4.79 Å². The van der Waals surface area contributed by atoms with Crippen LogP contribution < -0.4 is 5.32 Å². The predicted octanol–water partition coefficient (Wildman–Crippen LogP) is 6.19. The van der Waals surface area contributed by atoms with Crippen LogP contribution in [-0.4, -0.2) is 10.9 Å². The molecule has 4 aromatic rings. The maximum absolute atomic E-state index is 13.8. The van der Waals surface area contributed by atoms with Crippen LogP contribution in [0.4, 0.5) is 14.5 Å². The van der Waals surface area contributed by atoms with Gasteiger partial charge in [0.2, 0.25) is 0 Å². The third kappa shape index (κ3) is 3.80. The maximum atomic E-state index is 13.8. The van der Waals surface area contributed by atoms with Gasteiger partial charge in [0.15, 0.2) is 0 Å². The molecule has 4 rings (SSSR count). The van der Waals surface area contributed by atoms with E-state index in [1.54, 1.807) is 12.1 Å². The molecule has 144 valence electrons. The second kappa shape index (κ2) is 7.72. The summed E-state index contributed by atoms with van der Waals surface area (Å²) in [6.07, 6.45) is 1.88. The average Bonchev–Trinajstić information content (AvgIpc) is 3.24. The first-order valence-corrected chi connectivity index (χ1v) is 9.13. The van der Waals surface area contributed by atoms with Crippen molar-refractivity contribution >= 4 is 11.6 Å². The number of hydrogen-bond donors (Lipinski definition) is 2. The van der Waals surface area contributed by atoms with E-state index in [2.05, 4.69) is 28.5 Å². The summed E-state index contributed by atoms with van der Waals surface area (Å²) in [7, 11) is 0. The van der Waals surface area contributed by atoms with Gasteiger partial charge in [-0.15, -0.1) is 0 Å². The molecule has 1 amide bonds.